The molecule has 1 fully saturated rings. The van der Waals surface area contributed by atoms with Crippen LogP contribution in [0.15, 0.2) is 18.3 Å². The predicted octanol–water partition coefficient (Wildman–Crippen LogP) is 1.93. The topological polar surface area (TPSA) is 68.5 Å². The zero-order valence-electron chi connectivity index (χ0n) is 13.3. The third-order valence-electron chi connectivity index (χ3n) is 4.33. The minimum absolute atomic E-state index is 0.00700. The van der Waals surface area contributed by atoms with E-state index in [1.54, 1.807) is 18.3 Å². The van der Waals surface area contributed by atoms with Crippen LogP contribution in [0, 0.1) is 11.3 Å². The van der Waals surface area contributed by atoms with Crippen molar-refractivity contribution in [2.75, 3.05) is 19.6 Å². The molecule has 1 aromatic rings. The van der Waals surface area contributed by atoms with E-state index in [-0.39, 0.29) is 17.4 Å². The molecule has 2 heterocycles. The highest BCUT2D eigenvalue weighted by molar-refractivity contribution is 5.95. The molecule has 1 aromatic heterocycles. The van der Waals surface area contributed by atoms with Gasteiger partial charge in [0, 0.05) is 24.7 Å². The highest BCUT2D eigenvalue weighted by atomic mass is 16.5. The summed E-state index contributed by atoms with van der Waals surface area (Å²) in [7, 11) is 0. The van der Waals surface area contributed by atoms with E-state index in [4.69, 9.17) is 10.5 Å². The summed E-state index contributed by atoms with van der Waals surface area (Å²) in [6, 6.07) is 3.58. The van der Waals surface area contributed by atoms with Crippen LogP contribution in [-0.2, 0) is 0 Å². The molecule has 1 amide bonds. The number of carbonyl (C=O) groups excluding carboxylic acids is 1. The Morgan fingerprint density at radius 1 is 1.62 bits per heavy atom. The molecule has 1 saturated heterocycles. The number of hydrogen-bond acceptors (Lipinski definition) is 4. The molecule has 1 aliphatic rings. The van der Waals surface area contributed by atoms with E-state index in [2.05, 4.69) is 18.8 Å². The molecule has 0 saturated carbocycles. The molecule has 116 valence electrons. The Hall–Kier alpha value is -1.62. The van der Waals surface area contributed by atoms with E-state index in [9.17, 15) is 4.79 Å². The van der Waals surface area contributed by atoms with Gasteiger partial charge in [-0.05, 0) is 38.4 Å². The molecular formula is C16H25N3O2. The van der Waals surface area contributed by atoms with Crippen molar-refractivity contribution in [2.24, 2.45) is 17.1 Å². The second kappa shape index (κ2) is 6.02. The Bertz CT molecular complexity index is 518. The van der Waals surface area contributed by atoms with Gasteiger partial charge < -0.3 is 15.4 Å². The molecule has 5 heteroatoms. The number of carbonyl (C=O) groups is 1. The maximum absolute atomic E-state index is 12.7. The fraction of sp³-hybridized carbons (Fsp3) is 0.625. The Balaban J connectivity index is 2.22. The Labute approximate surface area is 126 Å². The van der Waals surface area contributed by atoms with Crippen molar-refractivity contribution in [1.82, 2.24) is 9.88 Å². The standard InChI is InChI=1S/C16H25N3O2/c1-11(2)21-13-6-5-7-18-14(13)15(20)19-8-12(3)16(4,9-17)10-19/h5-7,11-12H,8-10,17H2,1-4H3/t12-,16-/m1/s1. The predicted molar refractivity (Wildman–Crippen MR) is 82.2 cm³/mol. The first-order valence-electron chi connectivity index (χ1n) is 7.48. The fourth-order valence-corrected chi connectivity index (χ4v) is 2.68. The average Bonchev–Trinajstić information content (AvgIpc) is 2.75. The molecule has 0 spiro atoms. The first kappa shape index (κ1) is 15.8. The van der Waals surface area contributed by atoms with Gasteiger partial charge in [0.1, 0.15) is 0 Å². The summed E-state index contributed by atoms with van der Waals surface area (Å²) < 4.78 is 5.70. The third-order valence-corrected chi connectivity index (χ3v) is 4.33. The van der Waals surface area contributed by atoms with Gasteiger partial charge in [0.2, 0.25) is 0 Å². The number of rotatable bonds is 4. The number of nitrogens with zero attached hydrogens (tertiary/aromatic N) is 2. The van der Waals surface area contributed by atoms with Crippen LogP contribution in [0.25, 0.3) is 0 Å². The van der Waals surface area contributed by atoms with Gasteiger partial charge >= 0.3 is 0 Å². The largest absolute Gasteiger partial charge is 0.489 e. The summed E-state index contributed by atoms with van der Waals surface area (Å²) in [5.41, 5.74) is 6.24. The van der Waals surface area contributed by atoms with Crippen LogP contribution in [-0.4, -0.2) is 41.5 Å². The van der Waals surface area contributed by atoms with E-state index in [1.165, 1.54) is 0 Å². The molecule has 0 bridgehead atoms. The van der Waals surface area contributed by atoms with Crippen molar-refractivity contribution in [3.05, 3.63) is 24.0 Å². The second-order valence-electron chi connectivity index (χ2n) is 6.46. The Morgan fingerprint density at radius 2 is 2.33 bits per heavy atom. The van der Waals surface area contributed by atoms with Gasteiger partial charge in [-0.25, -0.2) is 4.98 Å². The Morgan fingerprint density at radius 3 is 2.90 bits per heavy atom. The maximum Gasteiger partial charge on any atom is 0.276 e. The van der Waals surface area contributed by atoms with Gasteiger partial charge in [-0.2, -0.15) is 0 Å². The molecule has 2 N–H and O–H groups in total. The zero-order valence-corrected chi connectivity index (χ0v) is 13.3. The minimum Gasteiger partial charge on any atom is -0.489 e. The summed E-state index contributed by atoms with van der Waals surface area (Å²) in [5, 5.41) is 0. The maximum atomic E-state index is 12.7. The SMILES string of the molecule is CC(C)Oc1cccnc1C(=O)N1C[C@@H](C)[C@](C)(CN)C1. The number of amides is 1. The number of ether oxygens (including phenoxy) is 1. The molecule has 2 atom stereocenters. The van der Waals surface area contributed by atoms with E-state index in [1.807, 2.05) is 18.7 Å². The van der Waals surface area contributed by atoms with Gasteiger partial charge in [-0.3, -0.25) is 4.79 Å². The van der Waals surface area contributed by atoms with Crippen molar-refractivity contribution in [1.29, 1.82) is 0 Å². The van der Waals surface area contributed by atoms with Gasteiger partial charge in [0.05, 0.1) is 6.10 Å². The van der Waals surface area contributed by atoms with Crippen molar-refractivity contribution >= 4 is 5.91 Å². The smallest absolute Gasteiger partial charge is 0.276 e. The number of nitrogens with two attached hydrogens (primary N) is 1. The van der Waals surface area contributed by atoms with Crippen LogP contribution in [0.4, 0.5) is 0 Å². The van der Waals surface area contributed by atoms with E-state index >= 15 is 0 Å². The van der Waals surface area contributed by atoms with Crippen LogP contribution in [0.3, 0.4) is 0 Å². The number of pyridine rings is 1. The van der Waals surface area contributed by atoms with Gasteiger partial charge in [-0.15, -0.1) is 0 Å². The number of hydrogen-bond donors (Lipinski definition) is 1. The van der Waals surface area contributed by atoms with Crippen LogP contribution in [0.5, 0.6) is 5.75 Å². The van der Waals surface area contributed by atoms with E-state index in [0.29, 0.717) is 37.0 Å². The van der Waals surface area contributed by atoms with E-state index < -0.39 is 0 Å². The lowest BCUT2D eigenvalue weighted by Crippen LogP contribution is -2.36. The molecule has 0 aliphatic carbocycles. The quantitative estimate of drug-likeness (QED) is 0.920. The first-order chi connectivity index (χ1) is 9.87. The second-order valence-corrected chi connectivity index (χ2v) is 6.46. The van der Waals surface area contributed by atoms with Crippen molar-refractivity contribution in [2.45, 2.75) is 33.8 Å². The lowest BCUT2D eigenvalue weighted by molar-refractivity contribution is 0.0763. The summed E-state index contributed by atoms with van der Waals surface area (Å²) >= 11 is 0. The summed E-state index contributed by atoms with van der Waals surface area (Å²) in [5.74, 6) is 0.853. The molecule has 21 heavy (non-hydrogen) atoms. The number of aromatic nitrogens is 1. The molecule has 2 rings (SSSR count). The lowest BCUT2D eigenvalue weighted by atomic mass is 9.81. The van der Waals surface area contributed by atoms with Crippen molar-refractivity contribution < 1.29 is 9.53 Å². The zero-order chi connectivity index (χ0) is 15.6. The third kappa shape index (κ3) is 3.18. The molecule has 0 radical (unpaired) electrons. The molecular weight excluding hydrogens is 266 g/mol. The van der Waals surface area contributed by atoms with Crippen molar-refractivity contribution in [3.8, 4) is 5.75 Å². The van der Waals surface area contributed by atoms with Gasteiger partial charge in [-0.1, -0.05) is 13.8 Å². The molecule has 0 unspecified atom stereocenters. The summed E-state index contributed by atoms with van der Waals surface area (Å²) in [6.45, 7) is 10.1. The average molecular weight is 291 g/mol. The van der Waals surface area contributed by atoms with Gasteiger partial charge in [0.25, 0.3) is 5.91 Å². The molecule has 1 aliphatic heterocycles. The normalized spacial score (nSPS) is 25.4. The summed E-state index contributed by atoms with van der Waals surface area (Å²) in [4.78, 5) is 18.8. The molecule has 5 nitrogen and oxygen atoms in total. The highest BCUT2D eigenvalue weighted by Gasteiger charge is 2.42. The summed E-state index contributed by atoms with van der Waals surface area (Å²) in [6.07, 6.45) is 1.63. The monoisotopic (exact) mass is 291 g/mol. The fourth-order valence-electron chi connectivity index (χ4n) is 2.68. The lowest BCUT2D eigenvalue weighted by Gasteiger charge is -2.26. The highest BCUT2D eigenvalue weighted by Crippen LogP contribution is 2.35. The van der Waals surface area contributed by atoms with Crippen LogP contribution in [0.1, 0.15) is 38.2 Å². The van der Waals surface area contributed by atoms with Gasteiger partial charge in [0.15, 0.2) is 11.4 Å². The van der Waals surface area contributed by atoms with E-state index in [0.717, 1.165) is 0 Å². The van der Waals surface area contributed by atoms with Crippen LogP contribution < -0.4 is 10.5 Å². The number of likely N-dealkylation sites (tertiary alicyclic amines) is 1. The van der Waals surface area contributed by atoms with Crippen LogP contribution in [0.2, 0.25) is 0 Å². The van der Waals surface area contributed by atoms with Crippen LogP contribution >= 0.6 is 0 Å². The first-order valence-corrected chi connectivity index (χ1v) is 7.48. The van der Waals surface area contributed by atoms with Crippen molar-refractivity contribution in [3.63, 3.8) is 0 Å². The molecule has 0 aromatic carbocycles. The minimum atomic E-state index is -0.0738. The Kier molecular flexibility index (Phi) is 4.52.